The van der Waals surface area contributed by atoms with E-state index in [0.29, 0.717) is 5.56 Å². The first kappa shape index (κ1) is 21.9. The van der Waals surface area contributed by atoms with Crippen molar-refractivity contribution in [1.29, 1.82) is 0 Å². The smallest absolute Gasteiger partial charge is 0.411 e. The zero-order valence-electron chi connectivity index (χ0n) is 18.2. The van der Waals surface area contributed by atoms with E-state index < -0.39 is 17.6 Å². The maximum Gasteiger partial charge on any atom is 0.411 e. The number of nitrogens with zero attached hydrogens (tertiary/aromatic N) is 1. The van der Waals surface area contributed by atoms with Gasteiger partial charge in [0.05, 0.1) is 0 Å². The maximum atomic E-state index is 13.4. The standard InChI is InChI=1S/C27H24INO4/c1-27(25(30)31,17-10-12-18(28)13-11-17)29(19-14-15-19)26(32)33-16-24-22-8-4-2-6-20(22)21-7-3-5-9-23(21)24/h2-13,19,24H,14-16H2,1H3,(H,30,31). The molecule has 0 spiro atoms. The Kier molecular flexibility index (Phi) is 5.64. The minimum absolute atomic E-state index is 0.0724. The summed E-state index contributed by atoms with van der Waals surface area (Å²) in [4.78, 5) is 27.4. The SMILES string of the molecule is CC(C(=O)O)(c1ccc(I)cc1)N(C(=O)OCC1c2ccccc2-c2ccccc21)C1CC1. The number of rotatable bonds is 6. The fraction of sp³-hybridized carbons (Fsp3) is 0.259. The first-order valence-electron chi connectivity index (χ1n) is 11.0. The first-order chi connectivity index (χ1) is 15.9. The lowest BCUT2D eigenvalue weighted by molar-refractivity contribution is -0.150. The van der Waals surface area contributed by atoms with Gasteiger partial charge >= 0.3 is 12.1 Å². The third-order valence-corrected chi connectivity index (χ3v) is 7.47. The molecule has 2 aliphatic rings. The van der Waals surface area contributed by atoms with E-state index in [-0.39, 0.29) is 18.6 Å². The Hall–Kier alpha value is -2.87. The van der Waals surface area contributed by atoms with Gasteiger partial charge in [0.1, 0.15) is 6.61 Å². The molecule has 3 aromatic rings. The second kappa shape index (κ2) is 8.48. The van der Waals surface area contributed by atoms with E-state index in [1.165, 1.54) is 4.90 Å². The zero-order valence-corrected chi connectivity index (χ0v) is 20.4. The topological polar surface area (TPSA) is 66.8 Å². The molecule has 3 aromatic carbocycles. The summed E-state index contributed by atoms with van der Waals surface area (Å²) in [5.74, 6) is -1.14. The van der Waals surface area contributed by atoms with E-state index >= 15 is 0 Å². The predicted octanol–water partition coefficient (Wildman–Crippen LogP) is 6.00. The van der Waals surface area contributed by atoms with Gasteiger partial charge in [0.15, 0.2) is 5.54 Å². The van der Waals surface area contributed by atoms with Crippen LogP contribution < -0.4 is 0 Å². The van der Waals surface area contributed by atoms with Crippen molar-refractivity contribution in [3.8, 4) is 11.1 Å². The minimum atomic E-state index is -1.51. The lowest BCUT2D eigenvalue weighted by Crippen LogP contribution is -2.54. The van der Waals surface area contributed by atoms with E-state index in [1.54, 1.807) is 19.1 Å². The van der Waals surface area contributed by atoms with Crippen molar-refractivity contribution in [2.75, 3.05) is 6.61 Å². The summed E-state index contributed by atoms with van der Waals surface area (Å²) in [6.45, 7) is 1.76. The quantitative estimate of drug-likeness (QED) is 0.380. The van der Waals surface area contributed by atoms with E-state index in [0.717, 1.165) is 38.7 Å². The number of carboxylic acids is 1. The Morgan fingerprint density at radius 3 is 2.03 bits per heavy atom. The second-order valence-corrected chi connectivity index (χ2v) is 10.0. The third-order valence-electron chi connectivity index (χ3n) is 6.75. The molecule has 1 saturated carbocycles. The molecule has 0 bridgehead atoms. The van der Waals surface area contributed by atoms with Crippen LogP contribution in [0.1, 0.15) is 42.4 Å². The lowest BCUT2D eigenvalue weighted by Gasteiger charge is -2.38. The average molecular weight is 553 g/mol. The summed E-state index contributed by atoms with van der Waals surface area (Å²) in [5.41, 5.74) is 3.63. The van der Waals surface area contributed by atoms with Crippen LogP contribution in [0.4, 0.5) is 4.79 Å². The molecule has 6 heteroatoms. The van der Waals surface area contributed by atoms with Crippen LogP contribution in [0.3, 0.4) is 0 Å². The van der Waals surface area contributed by atoms with Gasteiger partial charge in [-0.15, -0.1) is 0 Å². The van der Waals surface area contributed by atoms with Gasteiger partial charge < -0.3 is 9.84 Å². The van der Waals surface area contributed by atoms with Crippen molar-refractivity contribution in [3.63, 3.8) is 0 Å². The van der Waals surface area contributed by atoms with E-state index in [2.05, 4.69) is 46.9 Å². The van der Waals surface area contributed by atoms with Crippen LogP contribution in [0.25, 0.3) is 11.1 Å². The second-order valence-electron chi connectivity index (χ2n) is 8.79. The van der Waals surface area contributed by atoms with Crippen LogP contribution in [0.15, 0.2) is 72.8 Å². The number of carbonyl (C=O) groups is 2. The molecule has 1 atom stereocenters. The van der Waals surface area contributed by atoms with Gasteiger partial charge in [0.25, 0.3) is 0 Å². The minimum Gasteiger partial charge on any atom is -0.479 e. The summed E-state index contributed by atoms with van der Waals surface area (Å²) < 4.78 is 6.87. The number of benzene rings is 3. The monoisotopic (exact) mass is 553 g/mol. The molecule has 0 radical (unpaired) electrons. The number of carboxylic acid groups (broad SMARTS) is 1. The third kappa shape index (κ3) is 3.80. The number of hydrogen-bond acceptors (Lipinski definition) is 3. The molecule has 168 valence electrons. The van der Waals surface area contributed by atoms with Crippen molar-refractivity contribution in [2.45, 2.75) is 37.3 Å². The van der Waals surface area contributed by atoms with Crippen LogP contribution in [0.5, 0.6) is 0 Å². The maximum absolute atomic E-state index is 13.4. The number of aliphatic carboxylic acids is 1. The van der Waals surface area contributed by atoms with Crippen LogP contribution in [0, 0.1) is 3.57 Å². The molecule has 0 aliphatic heterocycles. The predicted molar refractivity (Wildman–Crippen MR) is 134 cm³/mol. The van der Waals surface area contributed by atoms with Gasteiger partial charge in [-0.25, -0.2) is 9.59 Å². The Bertz CT molecular complexity index is 1180. The van der Waals surface area contributed by atoms with Crippen LogP contribution in [-0.2, 0) is 15.1 Å². The molecule has 5 rings (SSSR count). The van der Waals surface area contributed by atoms with Crippen molar-refractivity contribution >= 4 is 34.7 Å². The summed E-state index contributed by atoms with van der Waals surface area (Å²) in [6.07, 6.45) is 0.970. The number of carbonyl (C=O) groups excluding carboxylic acids is 1. The normalized spacial score (nSPS) is 16.4. The highest BCUT2D eigenvalue weighted by molar-refractivity contribution is 14.1. The van der Waals surface area contributed by atoms with E-state index in [4.69, 9.17) is 4.74 Å². The van der Waals surface area contributed by atoms with Crippen LogP contribution in [-0.4, -0.2) is 34.7 Å². The van der Waals surface area contributed by atoms with Gasteiger partial charge in [-0.3, -0.25) is 4.90 Å². The Morgan fingerprint density at radius 1 is 0.970 bits per heavy atom. The number of amides is 1. The molecule has 1 amide bonds. The number of hydrogen-bond donors (Lipinski definition) is 1. The van der Waals surface area contributed by atoms with E-state index in [9.17, 15) is 14.7 Å². The highest BCUT2D eigenvalue weighted by Crippen LogP contribution is 2.45. The lowest BCUT2D eigenvalue weighted by atomic mass is 9.90. The van der Waals surface area contributed by atoms with Crippen molar-refractivity contribution in [2.24, 2.45) is 0 Å². The molecule has 1 N–H and O–H groups in total. The van der Waals surface area contributed by atoms with Crippen molar-refractivity contribution < 1.29 is 19.4 Å². The molecule has 33 heavy (non-hydrogen) atoms. The van der Waals surface area contributed by atoms with Crippen LogP contribution in [0.2, 0.25) is 0 Å². The van der Waals surface area contributed by atoms with Gasteiger partial charge in [-0.05, 0) is 82.3 Å². The molecule has 0 aromatic heterocycles. The molecular formula is C27H24INO4. The van der Waals surface area contributed by atoms with Gasteiger partial charge in [0, 0.05) is 15.5 Å². The number of ether oxygens (including phenoxy) is 1. The first-order valence-corrected chi connectivity index (χ1v) is 12.1. The zero-order chi connectivity index (χ0) is 23.2. The molecule has 1 fully saturated rings. The van der Waals surface area contributed by atoms with Crippen molar-refractivity contribution in [1.82, 2.24) is 4.90 Å². The van der Waals surface area contributed by atoms with E-state index in [1.807, 2.05) is 36.4 Å². The van der Waals surface area contributed by atoms with Crippen molar-refractivity contribution in [3.05, 3.63) is 93.1 Å². The number of fused-ring (bicyclic) bond motifs is 3. The molecule has 0 saturated heterocycles. The molecule has 1 unspecified atom stereocenters. The number of halogens is 1. The summed E-state index contributed by atoms with van der Waals surface area (Å²) >= 11 is 2.18. The summed E-state index contributed by atoms with van der Waals surface area (Å²) in [7, 11) is 0. The molecular weight excluding hydrogens is 529 g/mol. The largest absolute Gasteiger partial charge is 0.479 e. The van der Waals surface area contributed by atoms with Gasteiger partial charge in [-0.1, -0.05) is 60.7 Å². The molecule has 2 aliphatic carbocycles. The fourth-order valence-corrected chi connectivity index (χ4v) is 5.19. The van der Waals surface area contributed by atoms with Gasteiger partial charge in [0.2, 0.25) is 0 Å². The highest BCUT2D eigenvalue weighted by atomic mass is 127. The summed E-state index contributed by atoms with van der Waals surface area (Å²) in [6, 6.07) is 23.5. The fourth-order valence-electron chi connectivity index (χ4n) is 4.83. The van der Waals surface area contributed by atoms with Gasteiger partial charge in [-0.2, -0.15) is 0 Å². The average Bonchev–Trinajstić information content (AvgIpc) is 3.60. The summed E-state index contributed by atoms with van der Waals surface area (Å²) in [5, 5.41) is 10.2. The Labute approximate surface area is 206 Å². The van der Waals surface area contributed by atoms with Crippen LogP contribution >= 0.6 is 22.6 Å². The highest BCUT2D eigenvalue weighted by Gasteiger charge is 2.51. The molecule has 0 heterocycles. The molecule has 5 nitrogen and oxygen atoms in total. The Morgan fingerprint density at radius 2 is 1.52 bits per heavy atom. The Balaban J connectivity index is 1.44.